The molecule has 1 heterocycles. The molecule has 0 unspecified atom stereocenters. The Morgan fingerprint density at radius 1 is 1.41 bits per heavy atom. The monoisotopic (exact) mass is 324 g/mol. The molecule has 0 aliphatic carbocycles. The molecule has 118 valence electrons. The van der Waals surface area contributed by atoms with E-state index in [2.05, 4.69) is 4.98 Å². The van der Waals surface area contributed by atoms with Crippen molar-refractivity contribution in [1.29, 1.82) is 0 Å². The first-order valence-corrected chi connectivity index (χ1v) is 7.63. The quantitative estimate of drug-likeness (QED) is 0.809. The van der Waals surface area contributed by atoms with Gasteiger partial charge in [-0.1, -0.05) is 0 Å². The molecule has 0 radical (unpaired) electrons. The van der Waals surface area contributed by atoms with E-state index in [1.807, 2.05) is 17.3 Å². The molecule has 1 aromatic heterocycles. The fraction of sp³-hybridized carbons (Fsp3) is 0.333. The molecule has 22 heavy (non-hydrogen) atoms. The Morgan fingerprint density at radius 3 is 2.82 bits per heavy atom. The van der Waals surface area contributed by atoms with Gasteiger partial charge in [-0.3, -0.25) is 9.69 Å². The topological polar surface area (TPSA) is 62.7 Å². The second-order valence-corrected chi connectivity index (χ2v) is 5.80. The number of benzene rings is 1. The largest absolute Gasteiger partial charge is 0.486 e. The van der Waals surface area contributed by atoms with Crippen molar-refractivity contribution < 1.29 is 19.0 Å². The molecule has 0 amide bonds. The summed E-state index contributed by atoms with van der Waals surface area (Å²) in [5.74, 6) is -0.511. The molecule has 0 fully saturated rings. The van der Waals surface area contributed by atoms with Crippen molar-refractivity contribution in [3.05, 3.63) is 46.2 Å². The van der Waals surface area contributed by atoms with Crippen LogP contribution in [-0.4, -0.2) is 34.6 Å². The zero-order chi connectivity index (χ0) is 15.9. The molecular weight excluding hydrogens is 307 g/mol. The minimum Gasteiger partial charge on any atom is -0.486 e. The highest BCUT2D eigenvalue weighted by Gasteiger charge is 2.07. The van der Waals surface area contributed by atoms with Crippen molar-refractivity contribution in [2.75, 3.05) is 13.6 Å². The van der Waals surface area contributed by atoms with E-state index in [0.29, 0.717) is 25.4 Å². The van der Waals surface area contributed by atoms with Crippen molar-refractivity contribution in [3.8, 4) is 5.75 Å². The number of carboxylic acid groups (broad SMARTS) is 1. The van der Waals surface area contributed by atoms with Gasteiger partial charge in [0, 0.05) is 18.5 Å². The van der Waals surface area contributed by atoms with Crippen molar-refractivity contribution in [1.82, 2.24) is 9.88 Å². The third-order valence-electron chi connectivity index (χ3n) is 2.91. The second-order valence-electron chi connectivity index (χ2n) is 4.86. The number of hydrogen-bond donors (Lipinski definition) is 1. The SMILES string of the molecule is CN(CCC(=O)O)Cc1csc(COc2ccc(F)cc2)n1. The number of carboxylic acids is 1. The fourth-order valence-electron chi connectivity index (χ4n) is 1.81. The van der Waals surface area contributed by atoms with Gasteiger partial charge in [-0.2, -0.15) is 0 Å². The van der Waals surface area contributed by atoms with E-state index < -0.39 is 5.97 Å². The molecule has 5 nitrogen and oxygen atoms in total. The molecule has 0 aliphatic heterocycles. The Kier molecular flexibility index (Phi) is 5.85. The number of nitrogens with zero attached hydrogens (tertiary/aromatic N) is 2. The summed E-state index contributed by atoms with van der Waals surface area (Å²) in [5.41, 5.74) is 0.885. The van der Waals surface area contributed by atoms with Crippen LogP contribution in [0.15, 0.2) is 29.6 Å². The summed E-state index contributed by atoms with van der Waals surface area (Å²) in [6.07, 6.45) is 0.112. The Hall–Kier alpha value is -1.99. The number of ether oxygens (including phenoxy) is 1. The van der Waals surface area contributed by atoms with Crippen molar-refractivity contribution >= 4 is 17.3 Å². The van der Waals surface area contributed by atoms with Gasteiger partial charge in [0.15, 0.2) is 0 Å². The molecule has 0 aliphatic rings. The average Bonchev–Trinajstić information content (AvgIpc) is 2.92. The van der Waals surface area contributed by atoms with Crippen LogP contribution in [0.3, 0.4) is 0 Å². The molecule has 0 saturated carbocycles. The van der Waals surface area contributed by atoms with E-state index in [0.717, 1.165) is 10.7 Å². The number of carbonyl (C=O) groups is 1. The number of thiazole rings is 1. The Labute approximate surface area is 132 Å². The van der Waals surface area contributed by atoms with Crippen LogP contribution in [0.1, 0.15) is 17.1 Å². The molecule has 0 saturated heterocycles. The van der Waals surface area contributed by atoms with Gasteiger partial charge in [-0.05, 0) is 31.3 Å². The molecule has 0 spiro atoms. The first-order chi connectivity index (χ1) is 10.5. The number of halogens is 1. The first kappa shape index (κ1) is 16.4. The van der Waals surface area contributed by atoms with Crippen molar-refractivity contribution in [2.45, 2.75) is 19.6 Å². The van der Waals surface area contributed by atoms with E-state index >= 15 is 0 Å². The van der Waals surface area contributed by atoms with Gasteiger partial charge in [0.2, 0.25) is 0 Å². The smallest absolute Gasteiger partial charge is 0.304 e. The zero-order valence-corrected chi connectivity index (χ0v) is 13.0. The lowest BCUT2D eigenvalue weighted by atomic mass is 10.3. The van der Waals surface area contributed by atoms with Gasteiger partial charge < -0.3 is 9.84 Å². The van der Waals surface area contributed by atoms with Gasteiger partial charge in [-0.25, -0.2) is 9.37 Å². The fourth-order valence-corrected chi connectivity index (χ4v) is 2.50. The summed E-state index contributed by atoms with van der Waals surface area (Å²) >= 11 is 1.49. The van der Waals surface area contributed by atoms with E-state index in [1.54, 1.807) is 12.1 Å². The van der Waals surface area contributed by atoms with Crippen LogP contribution in [0.25, 0.3) is 0 Å². The predicted molar refractivity (Wildman–Crippen MR) is 81.4 cm³/mol. The lowest BCUT2D eigenvalue weighted by Crippen LogP contribution is -2.21. The maximum absolute atomic E-state index is 12.8. The highest BCUT2D eigenvalue weighted by Crippen LogP contribution is 2.16. The highest BCUT2D eigenvalue weighted by molar-refractivity contribution is 7.09. The number of aliphatic carboxylic acids is 1. The van der Waals surface area contributed by atoms with E-state index in [4.69, 9.17) is 9.84 Å². The number of aromatic nitrogens is 1. The summed E-state index contributed by atoms with van der Waals surface area (Å²) in [4.78, 5) is 16.9. The molecule has 0 bridgehead atoms. The van der Waals surface area contributed by atoms with Crippen LogP contribution < -0.4 is 4.74 Å². The standard InChI is InChI=1S/C15H17FN2O3S/c1-18(7-6-15(19)20)8-12-10-22-14(17-12)9-21-13-4-2-11(16)3-5-13/h2-5,10H,6-9H2,1H3,(H,19,20). The van der Waals surface area contributed by atoms with Crippen molar-refractivity contribution in [2.24, 2.45) is 0 Å². The second kappa shape index (κ2) is 7.86. The predicted octanol–water partition coefficient (Wildman–Crippen LogP) is 2.77. The number of rotatable bonds is 8. The Balaban J connectivity index is 1.80. The molecule has 1 aromatic carbocycles. The first-order valence-electron chi connectivity index (χ1n) is 6.75. The zero-order valence-electron chi connectivity index (χ0n) is 12.2. The van der Waals surface area contributed by atoms with Crippen LogP contribution in [0.4, 0.5) is 4.39 Å². The van der Waals surface area contributed by atoms with Gasteiger partial charge in [0.25, 0.3) is 0 Å². The van der Waals surface area contributed by atoms with Crippen LogP contribution in [-0.2, 0) is 17.9 Å². The van der Waals surface area contributed by atoms with Gasteiger partial charge in [0.1, 0.15) is 23.2 Å². The lowest BCUT2D eigenvalue weighted by molar-refractivity contribution is -0.137. The van der Waals surface area contributed by atoms with E-state index in [1.165, 1.54) is 23.5 Å². The normalized spacial score (nSPS) is 10.9. The van der Waals surface area contributed by atoms with Crippen LogP contribution in [0.2, 0.25) is 0 Å². The van der Waals surface area contributed by atoms with Crippen LogP contribution in [0, 0.1) is 5.82 Å². The summed E-state index contributed by atoms with van der Waals surface area (Å²) in [6.45, 7) is 1.41. The van der Waals surface area contributed by atoms with Crippen molar-refractivity contribution in [3.63, 3.8) is 0 Å². The Bertz CT molecular complexity index is 616. The molecule has 2 rings (SSSR count). The molecule has 1 N–H and O–H groups in total. The Morgan fingerprint density at radius 2 is 2.14 bits per heavy atom. The summed E-state index contributed by atoms with van der Waals surface area (Å²) < 4.78 is 18.3. The minimum absolute atomic E-state index is 0.112. The number of hydrogen-bond acceptors (Lipinski definition) is 5. The average molecular weight is 324 g/mol. The molecule has 2 aromatic rings. The minimum atomic E-state index is -0.807. The molecule has 0 atom stereocenters. The van der Waals surface area contributed by atoms with Gasteiger partial charge >= 0.3 is 5.97 Å². The summed E-state index contributed by atoms with van der Waals surface area (Å²) in [6, 6.07) is 5.84. The van der Waals surface area contributed by atoms with Crippen LogP contribution >= 0.6 is 11.3 Å². The van der Waals surface area contributed by atoms with Crippen LogP contribution in [0.5, 0.6) is 5.75 Å². The highest BCUT2D eigenvalue weighted by atomic mass is 32.1. The third-order valence-corrected chi connectivity index (χ3v) is 3.79. The third kappa shape index (κ3) is 5.42. The lowest BCUT2D eigenvalue weighted by Gasteiger charge is -2.13. The maximum atomic E-state index is 12.8. The maximum Gasteiger partial charge on any atom is 0.304 e. The van der Waals surface area contributed by atoms with E-state index in [9.17, 15) is 9.18 Å². The molecule has 7 heteroatoms. The summed E-state index contributed by atoms with van der Waals surface area (Å²) in [5, 5.41) is 11.4. The van der Waals surface area contributed by atoms with Gasteiger partial charge in [-0.15, -0.1) is 11.3 Å². The molecular formula is C15H17FN2O3S. The van der Waals surface area contributed by atoms with Gasteiger partial charge in [0.05, 0.1) is 12.1 Å². The summed E-state index contributed by atoms with van der Waals surface area (Å²) in [7, 11) is 1.86. The van der Waals surface area contributed by atoms with E-state index in [-0.39, 0.29) is 12.2 Å².